The van der Waals surface area contributed by atoms with E-state index in [1.165, 1.54) is 4.90 Å². The minimum Gasteiger partial charge on any atom is -0.476 e. The molecule has 18 heavy (non-hydrogen) atoms. The van der Waals surface area contributed by atoms with Crippen LogP contribution in [-0.2, 0) is 4.79 Å². The highest BCUT2D eigenvalue weighted by atomic mass is 16.5. The smallest absolute Gasteiger partial charge is 0.241 e. The lowest BCUT2D eigenvalue weighted by Gasteiger charge is -2.12. The highest BCUT2D eigenvalue weighted by Gasteiger charge is 2.07. The van der Waals surface area contributed by atoms with E-state index >= 15 is 0 Å². The number of carbonyl (C=O) groups is 1. The van der Waals surface area contributed by atoms with Gasteiger partial charge in [0.15, 0.2) is 0 Å². The SMILES string of the molecule is CCCOc1nc(NCC(=O)N(C)C)ccc1N. The highest BCUT2D eigenvalue weighted by Crippen LogP contribution is 2.20. The van der Waals surface area contributed by atoms with E-state index in [4.69, 9.17) is 10.5 Å². The lowest BCUT2D eigenvalue weighted by molar-refractivity contribution is -0.126. The Morgan fingerprint density at radius 3 is 2.83 bits per heavy atom. The van der Waals surface area contributed by atoms with E-state index < -0.39 is 0 Å². The van der Waals surface area contributed by atoms with Crippen LogP contribution in [0.1, 0.15) is 13.3 Å². The van der Waals surface area contributed by atoms with Crippen LogP contribution in [0.3, 0.4) is 0 Å². The summed E-state index contributed by atoms with van der Waals surface area (Å²) >= 11 is 0. The molecular weight excluding hydrogens is 232 g/mol. The summed E-state index contributed by atoms with van der Waals surface area (Å²) in [6.45, 7) is 2.77. The number of anilines is 2. The molecule has 0 fully saturated rings. The minimum atomic E-state index is -0.0235. The Morgan fingerprint density at radius 2 is 2.22 bits per heavy atom. The number of hydrogen-bond acceptors (Lipinski definition) is 5. The maximum Gasteiger partial charge on any atom is 0.241 e. The van der Waals surface area contributed by atoms with Gasteiger partial charge in [-0.3, -0.25) is 4.79 Å². The first-order chi connectivity index (χ1) is 8.54. The lowest BCUT2D eigenvalue weighted by atomic mass is 10.4. The minimum absolute atomic E-state index is 0.0235. The molecule has 3 N–H and O–H groups in total. The Hall–Kier alpha value is -1.98. The van der Waals surface area contributed by atoms with Gasteiger partial charge in [0, 0.05) is 14.1 Å². The summed E-state index contributed by atoms with van der Waals surface area (Å²) in [5, 5.41) is 2.93. The van der Waals surface area contributed by atoms with E-state index in [9.17, 15) is 4.79 Å². The first-order valence-corrected chi connectivity index (χ1v) is 5.88. The number of hydrogen-bond donors (Lipinski definition) is 2. The van der Waals surface area contributed by atoms with Crippen molar-refractivity contribution in [3.63, 3.8) is 0 Å². The van der Waals surface area contributed by atoms with Crippen LogP contribution in [0.25, 0.3) is 0 Å². The Kier molecular flexibility index (Phi) is 5.23. The molecule has 0 atom stereocenters. The molecule has 0 bridgehead atoms. The zero-order valence-electron chi connectivity index (χ0n) is 11.1. The second kappa shape index (κ2) is 6.68. The fourth-order valence-electron chi connectivity index (χ4n) is 1.19. The van der Waals surface area contributed by atoms with Gasteiger partial charge >= 0.3 is 0 Å². The normalized spacial score (nSPS) is 9.94. The molecule has 1 amide bonds. The first kappa shape index (κ1) is 14.1. The number of nitrogens with zero attached hydrogens (tertiary/aromatic N) is 2. The summed E-state index contributed by atoms with van der Waals surface area (Å²) in [5.74, 6) is 0.953. The molecule has 0 spiro atoms. The van der Waals surface area contributed by atoms with Crippen molar-refractivity contribution in [2.45, 2.75) is 13.3 Å². The monoisotopic (exact) mass is 252 g/mol. The summed E-state index contributed by atoms with van der Waals surface area (Å²) in [6.07, 6.45) is 0.887. The standard InChI is InChI=1S/C12H20N4O2/c1-4-7-18-12-9(13)5-6-10(15-12)14-8-11(17)16(2)3/h5-6H,4,7-8,13H2,1-3H3,(H,14,15). The molecule has 0 aromatic carbocycles. The molecular formula is C12H20N4O2. The number of nitrogens with one attached hydrogen (secondary N) is 1. The third-order valence-corrected chi connectivity index (χ3v) is 2.25. The van der Waals surface area contributed by atoms with E-state index in [2.05, 4.69) is 10.3 Å². The van der Waals surface area contributed by atoms with Crippen molar-refractivity contribution in [3.8, 4) is 5.88 Å². The highest BCUT2D eigenvalue weighted by molar-refractivity contribution is 5.80. The molecule has 0 saturated carbocycles. The maximum atomic E-state index is 11.4. The Labute approximate surface area is 107 Å². The van der Waals surface area contributed by atoms with Gasteiger partial charge in [-0.1, -0.05) is 6.92 Å². The molecule has 0 aliphatic rings. The second-order valence-corrected chi connectivity index (χ2v) is 4.08. The van der Waals surface area contributed by atoms with E-state index in [1.807, 2.05) is 6.92 Å². The number of aromatic nitrogens is 1. The second-order valence-electron chi connectivity index (χ2n) is 4.08. The predicted octanol–water partition coefficient (Wildman–Crippen LogP) is 0.953. The van der Waals surface area contributed by atoms with Crippen molar-refractivity contribution in [1.82, 2.24) is 9.88 Å². The Balaban J connectivity index is 2.64. The van der Waals surface area contributed by atoms with Gasteiger partial charge in [-0.2, -0.15) is 4.98 Å². The van der Waals surface area contributed by atoms with Crippen molar-refractivity contribution >= 4 is 17.4 Å². The molecule has 6 heteroatoms. The van der Waals surface area contributed by atoms with E-state index in [-0.39, 0.29) is 12.5 Å². The number of ether oxygens (including phenoxy) is 1. The summed E-state index contributed by atoms with van der Waals surface area (Å²) in [5.41, 5.74) is 6.24. The number of rotatable bonds is 6. The van der Waals surface area contributed by atoms with Gasteiger partial charge in [0.2, 0.25) is 11.8 Å². The molecule has 0 aliphatic carbocycles. The van der Waals surface area contributed by atoms with Crippen molar-refractivity contribution in [2.24, 2.45) is 0 Å². The molecule has 0 saturated heterocycles. The van der Waals surface area contributed by atoms with Gasteiger partial charge in [-0.15, -0.1) is 0 Å². The summed E-state index contributed by atoms with van der Waals surface area (Å²) in [7, 11) is 3.41. The maximum absolute atomic E-state index is 11.4. The van der Waals surface area contributed by atoms with Gasteiger partial charge in [0.1, 0.15) is 5.82 Å². The average molecular weight is 252 g/mol. The Bertz CT molecular complexity index is 407. The van der Waals surface area contributed by atoms with Crippen LogP contribution in [0.15, 0.2) is 12.1 Å². The number of carbonyl (C=O) groups excluding carboxylic acids is 1. The van der Waals surface area contributed by atoms with Crippen LogP contribution in [0.2, 0.25) is 0 Å². The molecule has 6 nitrogen and oxygen atoms in total. The van der Waals surface area contributed by atoms with Gasteiger partial charge in [0.25, 0.3) is 0 Å². The fraction of sp³-hybridized carbons (Fsp3) is 0.500. The first-order valence-electron chi connectivity index (χ1n) is 5.88. The average Bonchev–Trinajstić information content (AvgIpc) is 2.35. The molecule has 1 aromatic heterocycles. The van der Waals surface area contributed by atoms with Crippen molar-refractivity contribution < 1.29 is 9.53 Å². The zero-order valence-corrected chi connectivity index (χ0v) is 11.1. The van der Waals surface area contributed by atoms with Gasteiger partial charge in [0.05, 0.1) is 18.8 Å². The van der Waals surface area contributed by atoms with Crippen molar-refractivity contribution in [2.75, 3.05) is 38.3 Å². The van der Waals surface area contributed by atoms with Crippen LogP contribution in [0.5, 0.6) is 5.88 Å². The number of nitrogens with two attached hydrogens (primary N) is 1. The lowest BCUT2D eigenvalue weighted by Crippen LogP contribution is -2.28. The van der Waals surface area contributed by atoms with Crippen molar-refractivity contribution in [1.29, 1.82) is 0 Å². The van der Waals surface area contributed by atoms with Gasteiger partial charge in [-0.25, -0.2) is 0 Å². The number of nitrogen functional groups attached to an aromatic ring is 1. The van der Waals surface area contributed by atoms with Crippen LogP contribution >= 0.6 is 0 Å². The summed E-state index contributed by atoms with van der Waals surface area (Å²) in [4.78, 5) is 17.1. The van der Waals surface area contributed by atoms with E-state index in [1.54, 1.807) is 26.2 Å². The third-order valence-electron chi connectivity index (χ3n) is 2.25. The van der Waals surface area contributed by atoms with Crippen LogP contribution in [0, 0.1) is 0 Å². The molecule has 0 aliphatic heterocycles. The third kappa shape index (κ3) is 4.12. The molecule has 1 rings (SSSR count). The predicted molar refractivity (Wildman–Crippen MR) is 71.6 cm³/mol. The molecule has 1 aromatic rings. The largest absolute Gasteiger partial charge is 0.476 e. The molecule has 0 radical (unpaired) electrons. The van der Waals surface area contributed by atoms with Crippen LogP contribution < -0.4 is 15.8 Å². The molecule has 1 heterocycles. The van der Waals surface area contributed by atoms with Crippen LogP contribution in [0.4, 0.5) is 11.5 Å². The fourth-order valence-corrected chi connectivity index (χ4v) is 1.19. The topological polar surface area (TPSA) is 80.5 Å². The van der Waals surface area contributed by atoms with Crippen LogP contribution in [-0.4, -0.2) is 43.0 Å². The summed E-state index contributed by atoms with van der Waals surface area (Å²) < 4.78 is 5.41. The number of pyridine rings is 1. The molecule has 0 unspecified atom stereocenters. The zero-order chi connectivity index (χ0) is 13.5. The molecule has 100 valence electrons. The quantitative estimate of drug-likeness (QED) is 0.788. The Morgan fingerprint density at radius 1 is 1.50 bits per heavy atom. The summed E-state index contributed by atoms with van der Waals surface area (Å²) in [6, 6.07) is 3.43. The van der Waals surface area contributed by atoms with E-state index in [0.717, 1.165) is 6.42 Å². The van der Waals surface area contributed by atoms with Gasteiger partial charge < -0.3 is 20.7 Å². The van der Waals surface area contributed by atoms with E-state index in [0.29, 0.717) is 24.0 Å². The van der Waals surface area contributed by atoms with Gasteiger partial charge in [-0.05, 0) is 18.6 Å². The van der Waals surface area contributed by atoms with Crippen molar-refractivity contribution in [3.05, 3.63) is 12.1 Å². The number of amides is 1. The number of likely N-dealkylation sites (N-methyl/N-ethyl adjacent to an activating group) is 1.